The Morgan fingerprint density at radius 3 is 2.69 bits per heavy atom. The number of carbonyl (C=O) groups excluding carboxylic acids is 1. The van der Waals surface area contributed by atoms with E-state index in [1.165, 1.54) is 0 Å². The molecule has 0 fully saturated rings. The van der Waals surface area contributed by atoms with Gasteiger partial charge >= 0.3 is 0 Å². The third-order valence-electron chi connectivity index (χ3n) is 4.56. The van der Waals surface area contributed by atoms with Crippen molar-refractivity contribution in [2.24, 2.45) is 0 Å². The summed E-state index contributed by atoms with van der Waals surface area (Å²) in [5.41, 5.74) is 2.11. The minimum absolute atomic E-state index is 0.0477. The zero-order valence-electron chi connectivity index (χ0n) is 16.7. The summed E-state index contributed by atoms with van der Waals surface area (Å²) < 4.78 is 4.91. The first-order valence-corrected chi connectivity index (χ1v) is 10.3. The van der Waals surface area contributed by atoms with Crippen molar-refractivity contribution in [2.75, 3.05) is 6.54 Å². The number of amides is 1. The van der Waals surface area contributed by atoms with Gasteiger partial charge in [0, 0.05) is 37.5 Å². The topological polar surface area (TPSA) is 96.3 Å². The molecule has 8 nitrogen and oxygen atoms in total. The van der Waals surface area contributed by atoms with Gasteiger partial charge in [0.15, 0.2) is 15.4 Å². The third kappa shape index (κ3) is 5.07. The lowest BCUT2D eigenvalue weighted by molar-refractivity contribution is -0.121. The Morgan fingerprint density at radius 1 is 1.21 bits per heavy atom. The quantitative estimate of drug-likeness (QED) is 0.475. The lowest BCUT2D eigenvalue weighted by Gasteiger charge is -2.11. The fourth-order valence-corrected chi connectivity index (χ4v) is 3.78. The molecule has 0 aliphatic heterocycles. The molecule has 0 radical (unpaired) electrons. The van der Waals surface area contributed by atoms with Crippen molar-refractivity contribution in [1.29, 1.82) is 0 Å². The van der Waals surface area contributed by atoms with Gasteiger partial charge in [0.25, 0.3) is 0 Å². The molecular formula is C19H25N7OS2. The summed E-state index contributed by atoms with van der Waals surface area (Å²) in [6, 6.07) is 8.25. The summed E-state index contributed by atoms with van der Waals surface area (Å²) in [5, 5.41) is 17.1. The number of hydrogen-bond donors (Lipinski definition) is 3. The second-order valence-electron chi connectivity index (χ2n) is 7.13. The molecule has 154 valence electrons. The molecule has 3 aromatic rings. The first-order valence-electron chi connectivity index (χ1n) is 9.51. The number of aryl methyl sites for hydroxylation is 1. The van der Waals surface area contributed by atoms with Crippen LogP contribution in [0.5, 0.6) is 0 Å². The van der Waals surface area contributed by atoms with E-state index in [4.69, 9.17) is 24.4 Å². The molecule has 0 saturated carbocycles. The van der Waals surface area contributed by atoms with E-state index in [2.05, 4.69) is 25.7 Å². The SMILES string of the molecule is Cc1cccc(-c2n[nH]c(=S)n2CCC(=O)NCCc2n[nH]c(=S)n2C(C)C)c1. The minimum Gasteiger partial charge on any atom is -0.356 e. The lowest BCUT2D eigenvalue weighted by atomic mass is 10.1. The van der Waals surface area contributed by atoms with Crippen molar-refractivity contribution in [1.82, 2.24) is 34.8 Å². The number of carbonyl (C=O) groups is 1. The second-order valence-corrected chi connectivity index (χ2v) is 7.91. The number of H-pyrrole nitrogens is 2. The van der Waals surface area contributed by atoms with Crippen LogP contribution in [-0.4, -0.2) is 42.0 Å². The van der Waals surface area contributed by atoms with Crippen LogP contribution < -0.4 is 5.32 Å². The molecule has 10 heteroatoms. The number of aromatic nitrogens is 6. The van der Waals surface area contributed by atoms with E-state index in [0.29, 0.717) is 35.5 Å². The largest absolute Gasteiger partial charge is 0.356 e. The zero-order valence-corrected chi connectivity index (χ0v) is 18.4. The Morgan fingerprint density at radius 2 is 1.97 bits per heavy atom. The summed E-state index contributed by atoms with van der Waals surface area (Å²) in [4.78, 5) is 12.3. The van der Waals surface area contributed by atoms with Gasteiger partial charge in [-0.2, -0.15) is 10.2 Å². The number of benzene rings is 1. The highest BCUT2D eigenvalue weighted by atomic mass is 32.1. The highest BCUT2D eigenvalue weighted by Gasteiger charge is 2.12. The standard InChI is InChI=1S/C19H25N7OS2/c1-12(2)26-15(21-24-19(26)29)7-9-20-16(27)8-10-25-17(22-23-18(25)28)14-6-4-5-13(3)11-14/h4-6,11-12H,7-10H2,1-3H3,(H,20,27)(H,23,28)(H,24,29). The number of rotatable bonds is 8. The van der Waals surface area contributed by atoms with Crippen molar-refractivity contribution in [3.63, 3.8) is 0 Å². The molecule has 0 atom stereocenters. The Bertz CT molecular complexity index is 1110. The number of nitrogens with zero attached hydrogens (tertiary/aromatic N) is 4. The second kappa shape index (κ2) is 9.27. The molecule has 0 spiro atoms. The molecule has 0 aliphatic rings. The summed E-state index contributed by atoms with van der Waals surface area (Å²) in [7, 11) is 0. The summed E-state index contributed by atoms with van der Waals surface area (Å²) in [6.07, 6.45) is 0.917. The molecule has 1 amide bonds. The first-order chi connectivity index (χ1) is 13.9. The maximum atomic E-state index is 12.3. The maximum absolute atomic E-state index is 12.3. The van der Waals surface area contributed by atoms with Crippen LogP contribution in [0.4, 0.5) is 0 Å². The normalized spacial score (nSPS) is 11.2. The van der Waals surface area contributed by atoms with E-state index >= 15 is 0 Å². The summed E-state index contributed by atoms with van der Waals surface area (Å²) in [5.74, 6) is 1.52. The van der Waals surface area contributed by atoms with Crippen LogP contribution >= 0.6 is 24.4 Å². The predicted octanol–water partition coefficient (Wildman–Crippen LogP) is 3.50. The van der Waals surface area contributed by atoms with Crippen molar-refractivity contribution in [3.05, 3.63) is 45.2 Å². The number of aromatic amines is 2. The van der Waals surface area contributed by atoms with Crippen LogP contribution in [0.1, 0.15) is 37.7 Å². The Labute approximate surface area is 179 Å². The van der Waals surface area contributed by atoms with Gasteiger partial charge in [0.05, 0.1) is 0 Å². The van der Waals surface area contributed by atoms with Crippen LogP contribution in [-0.2, 0) is 17.8 Å². The van der Waals surface area contributed by atoms with Gasteiger partial charge in [-0.25, -0.2) is 0 Å². The Hall–Kier alpha value is -2.59. The summed E-state index contributed by atoms with van der Waals surface area (Å²) >= 11 is 10.6. The molecule has 3 rings (SSSR count). The lowest BCUT2D eigenvalue weighted by Crippen LogP contribution is -2.27. The monoisotopic (exact) mass is 431 g/mol. The van der Waals surface area contributed by atoms with E-state index in [1.807, 2.05) is 54.2 Å². The van der Waals surface area contributed by atoms with Gasteiger partial charge in [-0.1, -0.05) is 23.8 Å². The van der Waals surface area contributed by atoms with E-state index < -0.39 is 0 Å². The zero-order chi connectivity index (χ0) is 21.0. The van der Waals surface area contributed by atoms with Gasteiger partial charge in [0.2, 0.25) is 5.91 Å². The van der Waals surface area contributed by atoms with Gasteiger partial charge in [-0.05, 0) is 51.3 Å². The fourth-order valence-electron chi connectivity index (χ4n) is 3.19. The molecule has 1 aromatic carbocycles. The number of nitrogens with one attached hydrogen (secondary N) is 3. The van der Waals surface area contributed by atoms with E-state index in [9.17, 15) is 4.79 Å². The Balaban J connectivity index is 1.58. The molecular weight excluding hydrogens is 406 g/mol. The number of hydrogen-bond acceptors (Lipinski definition) is 5. The third-order valence-corrected chi connectivity index (χ3v) is 5.16. The van der Waals surface area contributed by atoms with Crippen molar-refractivity contribution in [3.8, 4) is 11.4 Å². The van der Waals surface area contributed by atoms with Crippen molar-refractivity contribution >= 4 is 30.3 Å². The first kappa shape index (κ1) is 21.1. The van der Waals surface area contributed by atoms with Gasteiger partial charge in [-0.15, -0.1) is 0 Å². The smallest absolute Gasteiger partial charge is 0.221 e. The molecule has 0 saturated heterocycles. The molecule has 0 unspecified atom stereocenters. The molecule has 2 aromatic heterocycles. The Kier molecular flexibility index (Phi) is 6.75. The average Bonchev–Trinajstić information content (AvgIpc) is 3.22. The predicted molar refractivity (Wildman–Crippen MR) is 117 cm³/mol. The van der Waals surface area contributed by atoms with E-state index in [-0.39, 0.29) is 11.9 Å². The van der Waals surface area contributed by atoms with Crippen LogP contribution in [0.2, 0.25) is 0 Å². The van der Waals surface area contributed by atoms with Gasteiger partial charge < -0.3 is 9.88 Å². The molecule has 2 heterocycles. The van der Waals surface area contributed by atoms with Crippen LogP contribution in [0.3, 0.4) is 0 Å². The highest BCUT2D eigenvalue weighted by molar-refractivity contribution is 7.71. The van der Waals surface area contributed by atoms with Gasteiger partial charge in [-0.3, -0.25) is 19.6 Å². The molecule has 3 N–H and O–H groups in total. The highest BCUT2D eigenvalue weighted by Crippen LogP contribution is 2.18. The maximum Gasteiger partial charge on any atom is 0.221 e. The van der Waals surface area contributed by atoms with Crippen LogP contribution in [0.25, 0.3) is 11.4 Å². The van der Waals surface area contributed by atoms with Crippen molar-refractivity contribution in [2.45, 2.75) is 46.2 Å². The minimum atomic E-state index is -0.0477. The van der Waals surface area contributed by atoms with Crippen LogP contribution in [0.15, 0.2) is 24.3 Å². The van der Waals surface area contributed by atoms with Crippen LogP contribution in [0, 0.1) is 16.5 Å². The van der Waals surface area contributed by atoms with Crippen molar-refractivity contribution < 1.29 is 4.79 Å². The van der Waals surface area contributed by atoms with E-state index in [1.54, 1.807) is 0 Å². The molecule has 29 heavy (non-hydrogen) atoms. The van der Waals surface area contributed by atoms with E-state index in [0.717, 1.165) is 22.8 Å². The summed E-state index contributed by atoms with van der Waals surface area (Å²) in [6.45, 7) is 7.07. The average molecular weight is 432 g/mol. The van der Waals surface area contributed by atoms with Gasteiger partial charge in [0.1, 0.15) is 5.82 Å². The molecule has 0 aliphatic carbocycles. The molecule has 0 bridgehead atoms. The fraction of sp³-hybridized carbons (Fsp3) is 0.421.